The lowest BCUT2D eigenvalue weighted by Gasteiger charge is -2.41. The molecule has 0 saturated heterocycles. The van der Waals surface area contributed by atoms with Crippen LogP contribution in [0.4, 0.5) is 5.69 Å². The lowest BCUT2D eigenvalue weighted by molar-refractivity contribution is 0.404. The molecular weight excluding hydrogens is 266 g/mol. The van der Waals surface area contributed by atoms with Crippen LogP contribution in [0.15, 0.2) is 24.3 Å². The highest BCUT2D eigenvalue weighted by Gasteiger charge is 2.35. The Kier molecular flexibility index (Phi) is 2.40. The summed E-state index contributed by atoms with van der Waals surface area (Å²) < 4.78 is 0. The van der Waals surface area contributed by atoms with E-state index < -0.39 is 0 Å². The van der Waals surface area contributed by atoms with Gasteiger partial charge in [0.2, 0.25) is 0 Å². The number of phenolic OH excluding ortho intramolecular Hbond substituents is 3. The molecule has 0 amide bonds. The molecule has 1 heterocycles. The van der Waals surface area contributed by atoms with Gasteiger partial charge in [0.15, 0.2) is 11.5 Å². The first-order chi connectivity index (χ1) is 10.1. The van der Waals surface area contributed by atoms with Crippen LogP contribution < -0.4 is 4.90 Å². The van der Waals surface area contributed by atoms with Gasteiger partial charge in [-0.25, -0.2) is 0 Å². The monoisotopic (exact) mass is 283 g/mol. The molecular formula is C17H17NO3. The van der Waals surface area contributed by atoms with Crippen molar-refractivity contribution in [2.75, 3.05) is 11.9 Å². The van der Waals surface area contributed by atoms with Crippen molar-refractivity contribution in [3.63, 3.8) is 0 Å². The molecule has 0 saturated carbocycles. The second kappa shape index (κ2) is 4.07. The molecule has 2 aliphatic rings. The molecule has 2 aromatic carbocycles. The van der Waals surface area contributed by atoms with Gasteiger partial charge in [0.25, 0.3) is 0 Å². The van der Waals surface area contributed by atoms with Crippen LogP contribution in [0.25, 0.3) is 11.1 Å². The van der Waals surface area contributed by atoms with Crippen LogP contribution in [0.5, 0.6) is 17.2 Å². The van der Waals surface area contributed by atoms with Gasteiger partial charge in [-0.15, -0.1) is 0 Å². The summed E-state index contributed by atoms with van der Waals surface area (Å²) in [6.07, 6.45) is 3.09. The largest absolute Gasteiger partial charge is 0.508 e. The molecule has 0 radical (unpaired) electrons. The zero-order valence-electron chi connectivity index (χ0n) is 11.8. The molecule has 2 aromatic rings. The first kappa shape index (κ1) is 12.4. The fourth-order valence-electron chi connectivity index (χ4n) is 3.82. The molecule has 0 spiro atoms. The normalized spacial score (nSPS) is 19.1. The van der Waals surface area contributed by atoms with E-state index in [0.29, 0.717) is 5.56 Å². The van der Waals surface area contributed by atoms with Crippen LogP contribution >= 0.6 is 0 Å². The average molecular weight is 283 g/mol. The number of rotatable bonds is 0. The van der Waals surface area contributed by atoms with Gasteiger partial charge in [-0.3, -0.25) is 0 Å². The molecule has 0 fully saturated rings. The Morgan fingerprint density at radius 3 is 2.76 bits per heavy atom. The number of hydrogen-bond donors (Lipinski definition) is 3. The van der Waals surface area contributed by atoms with E-state index in [1.807, 2.05) is 19.2 Å². The molecule has 4 rings (SSSR count). The minimum Gasteiger partial charge on any atom is -0.508 e. The highest BCUT2D eigenvalue weighted by atomic mass is 16.3. The van der Waals surface area contributed by atoms with E-state index in [1.54, 1.807) is 6.07 Å². The van der Waals surface area contributed by atoms with Gasteiger partial charge in [0.1, 0.15) is 5.75 Å². The first-order valence-corrected chi connectivity index (χ1v) is 7.22. The summed E-state index contributed by atoms with van der Waals surface area (Å²) in [5.74, 6) is -0.0349. The van der Waals surface area contributed by atoms with Crippen molar-refractivity contribution in [3.8, 4) is 28.4 Å². The third kappa shape index (κ3) is 1.56. The molecule has 0 aromatic heterocycles. The molecule has 1 aliphatic heterocycles. The summed E-state index contributed by atoms with van der Waals surface area (Å²) in [5.41, 5.74) is 4.66. The molecule has 4 heteroatoms. The summed E-state index contributed by atoms with van der Waals surface area (Å²) in [6, 6.07) is 7.13. The smallest absolute Gasteiger partial charge is 0.167 e. The van der Waals surface area contributed by atoms with Crippen molar-refractivity contribution in [3.05, 3.63) is 35.4 Å². The predicted octanol–water partition coefficient (Wildman–Crippen LogP) is 3.30. The van der Waals surface area contributed by atoms with Gasteiger partial charge < -0.3 is 20.2 Å². The molecule has 0 bridgehead atoms. The quantitative estimate of drug-likeness (QED) is 0.649. The Morgan fingerprint density at radius 2 is 1.95 bits per heavy atom. The Balaban J connectivity index is 2.12. The average Bonchev–Trinajstić information content (AvgIpc) is 2.47. The maximum Gasteiger partial charge on any atom is 0.167 e. The van der Waals surface area contributed by atoms with E-state index in [-0.39, 0.29) is 23.3 Å². The first-order valence-electron chi connectivity index (χ1n) is 7.22. The fourth-order valence-corrected chi connectivity index (χ4v) is 3.82. The SMILES string of the molecule is CN1c2ccc(O)c(O)c2-c2cc(O)cc3c2C1CCC3. The Labute approximate surface area is 122 Å². The van der Waals surface area contributed by atoms with Gasteiger partial charge in [0, 0.05) is 12.7 Å². The predicted molar refractivity (Wildman–Crippen MR) is 81.0 cm³/mol. The van der Waals surface area contributed by atoms with Crippen LogP contribution in [0.3, 0.4) is 0 Å². The van der Waals surface area contributed by atoms with Gasteiger partial charge in [-0.05, 0) is 60.2 Å². The molecule has 1 aliphatic carbocycles. The van der Waals surface area contributed by atoms with Crippen molar-refractivity contribution in [1.29, 1.82) is 0 Å². The van der Waals surface area contributed by atoms with E-state index in [9.17, 15) is 15.3 Å². The number of anilines is 1. The number of phenols is 3. The number of nitrogens with zero attached hydrogens (tertiary/aromatic N) is 1. The number of benzene rings is 2. The Morgan fingerprint density at radius 1 is 1.14 bits per heavy atom. The molecule has 3 N–H and O–H groups in total. The second-order valence-electron chi connectivity index (χ2n) is 5.91. The number of hydrogen-bond acceptors (Lipinski definition) is 4. The van der Waals surface area contributed by atoms with E-state index in [4.69, 9.17) is 0 Å². The third-order valence-electron chi connectivity index (χ3n) is 4.76. The zero-order chi connectivity index (χ0) is 14.7. The number of aromatic hydroxyl groups is 3. The number of fused-ring (bicyclic) bond motifs is 2. The zero-order valence-corrected chi connectivity index (χ0v) is 11.8. The minimum absolute atomic E-state index is 0.115. The summed E-state index contributed by atoms with van der Waals surface area (Å²) >= 11 is 0. The van der Waals surface area contributed by atoms with Gasteiger partial charge in [0.05, 0.1) is 11.6 Å². The van der Waals surface area contributed by atoms with Crippen LogP contribution in [-0.4, -0.2) is 22.4 Å². The molecule has 21 heavy (non-hydrogen) atoms. The van der Waals surface area contributed by atoms with Gasteiger partial charge in [-0.2, -0.15) is 0 Å². The molecule has 1 atom stereocenters. The highest BCUT2D eigenvalue weighted by Crippen LogP contribution is 2.54. The van der Waals surface area contributed by atoms with E-state index in [2.05, 4.69) is 4.90 Å². The van der Waals surface area contributed by atoms with E-state index >= 15 is 0 Å². The molecule has 4 nitrogen and oxygen atoms in total. The van der Waals surface area contributed by atoms with Gasteiger partial charge in [-0.1, -0.05) is 0 Å². The van der Waals surface area contributed by atoms with Crippen molar-refractivity contribution in [1.82, 2.24) is 0 Å². The summed E-state index contributed by atoms with van der Waals surface area (Å²) in [7, 11) is 2.02. The van der Waals surface area contributed by atoms with Crippen molar-refractivity contribution in [2.24, 2.45) is 0 Å². The standard InChI is InChI=1S/C17H17NO3/c1-18-12-4-2-3-9-7-10(19)8-11(15(9)12)16-13(18)5-6-14(20)17(16)21/h5-8,12,19-21H,2-4H2,1H3. The summed E-state index contributed by atoms with van der Waals surface area (Å²) in [4.78, 5) is 2.16. The molecule has 108 valence electrons. The van der Waals surface area contributed by atoms with Crippen LogP contribution in [0.2, 0.25) is 0 Å². The van der Waals surface area contributed by atoms with Crippen molar-refractivity contribution >= 4 is 5.69 Å². The van der Waals surface area contributed by atoms with Crippen molar-refractivity contribution < 1.29 is 15.3 Å². The van der Waals surface area contributed by atoms with Crippen LogP contribution in [-0.2, 0) is 6.42 Å². The third-order valence-corrected chi connectivity index (χ3v) is 4.76. The topological polar surface area (TPSA) is 63.9 Å². The highest BCUT2D eigenvalue weighted by molar-refractivity contribution is 5.91. The summed E-state index contributed by atoms with van der Waals surface area (Å²) in [6.45, 7) is 0. The second-order valence-corrected chi connectivity index (χ2v) is 5.91. The van der Waals surface area contributed by atoms with Gasteiger partial charge >= 0.3 is 0 Å². The maximum absolute atomic E-state index is 10.3. The minimum atomic E-state index is -0.131. The van der Waals surface area contributed by atoms with E-state index in [1.165, 1.54) is 11.6 Å². The summed E-state index contributed by atoms with van der Waals surface area (Å²) in [5, 5.41) is 30.1. The van der Waals surface area contributed by atoms with Crippen LogP contribution in [0, 0.1) is 0 Å². The lowest BCUT2D eigenvalue weighted by atomic mass is 9.78. The number of aryl methyl sites for hydroxylation is 1. The van der Waals surface area contributed by atoms with Crippen LogP contribution in [0.1, 0.15) is 30.0 Å². The lowest BCUT2D eigenvalue weighted by Crippen LogP contribution is -2.31. The Bertz CT molecular complexity index is 754. The molecule has 1 unspecified atom stereocenters. The fraction of sp³-hybridized carbons (Fsp3) is 0.294. The van der Waals surface area contributed by atoms with E-state index in [0.717, 1.165) is 36.1 Å². The maximum atomic E-state index is 10.3. The van der Waals surface area contributed by atoms with Crippen molar-refractivity contribution in [2.45, 2.75) is 25.3 Å². The Hall–Kier alpha value is -2.36.